The molecule has 0 aromatic heterocycles. The minimum atomic E-state index is -1.05. The monoisotopic (exact) mass is 560 g/mol. The summed E-state index contributed by atoms with van der Waals surface area (Å²) in [5.74, 6) is 0.149. The quantitative estimate of drug-likeness (QED) is 0.329. The molecule has 10 nitrogen and oxygen atoms in total. The first kappa shape index (κ1) is 30.6. The minimum Gasteiger partial charge on any atom is -0.482 e. The van der Waals surface area contributed by atoms with E-state index in [0.717, 1.165) is 0 Å². The summed E-state index contributed by atoms with van der Waals surface area (Å²) >= 11 is 11.4. The highest BCUT2D eigenvalue weighted by Crippen LogP contribution is 2.22. The maximum absolute atomic E-state index is 11.9. The second kappa shape index (κ2) is 16.3. The first-order chi connectivity index (χ1) is 17.6. The standard InChI is InChI=1S/C16H21ClO7.C9H9ClO3/c1-10(18)21-8-14-6-13(7-15(19)24-14)23-16(20)9-22-12-4-2-11(17)3-5-12;1-12-9(11)6-13-8-4-2-7(10)3-5-8/h2-5,10,13-15,18-19H,6-9H2,1H3;2-5H,6H2,1H3. The Balaban J connectivity index is 0.000000312. The number of rotatable bonds is 10. The summed E-state index contributed by atoms with van der Waals surface area (Å²) in [5.41, 5.74) is 0. The van der Waals surface area contributed by atoms with E-state index in [0.29, 0.717) is 28.0 Å². The maximum atomic E-state index is 11.9. The van der Waals surface area contributed by atoms with Gasteiger partial charge in [0.25, 0.3) is 0 Å². The Labute approximate surface area is 224 Å². The molecule has 1 saturated heterocycles. The normalized spacial score (nSPS) is 19.6. The number of methoxy groups -OCH3 is 1. The van der Waals surface area contributed by atoms with Gasteiger partial charge in [-0.1, -0.05) is 23.2 Å². The van der Waals surface area contributed by atoms with Gasteiger partial charge in [0.1, 0.15) is 17.6 Å². The second-order valence-electron chi connectivity index (χ2n) is 7.79. The molecule has 12 heteroatoms. The molecule has 0 spiro atoms. The average Bonchev–Trinajstić information content (AvgIpc) is 2.86. The molecule has 0 amide bonds. The molecule has 2 aromatic carbocycles. The van der Waals surface area contributed by atoms with Crippen LogP contribution in [0.25, 0.3) is 0 Å². The number of hydrogen-bond donors (Lipinski definition) is 2. The topological polar surface area (TPSA) is 130 Å². The Hall–Kier alpha value is -2.60. The number of aliphatic hydroxyl groups excluding tert-OH is 2. The van der Waals surface area contributed by atoms with Crippen LogP contribution in [0.2, 0.25) is 10.0 Å². The largest absolute Gasteiger partial charge is 0.482 e. The number of aliphatic hydroxyl groups is 2. The summed E-state index contributed by atoms with van der Waals surface area (Å²) < 4.78 is 30.4. The second-order valence-corrected chi connectivity index (χ2v) is 8.66. The molecule has 1 heterocycles. The molecule has 0 aliphatic carbocycles. The van der Waals surface area contributed by atoms with Gasteiger partial charge in [-0.15, -0.1) is 0 Å². The predicted octanol–water partition coefficient (Wildman–Crippen LogP) is 3.37. The van der Waals surface area contributed by atoms with E-state index >= 15 is 0 Å². The van der Waals surface area contributed by atoms with Crippen molar-refractivity contribution in [1.29, 1.82) is 0 Å². The SMILES string of the molecule is CC(O)OCC1CC(OC(=O)COc2ccc(Cl)cc2)CC(O)O1.COC(=O)COc1ccc(Cl)cc1. The fourth-order valence-electron chi connectivity index (χ4n) is 3.02. The van der Waals surface area contributed by atoms with Crippen LogP contribution in [0, 0.1) is 0 Å². The molecule has 0 saturated carbocycles. The predicted molar refractivity (Wildman–Crippen MR) is 134 cm³/mol. The van der Waals surface area contributed by atoms with Crippen LogP contribution < -0.4 is 9.47 Å². The van der Waals surface area contributed by atoms with Crippen molar-refractivity contribution in [3.8, 4) is 11.5 Å². The molecule has 1 aliphatic rings. The molecular formula is C25H30Cl2O10. The number of benzene rings is 2. The number of esters is 2. The van der Waals surface area contributed by atoms with Crippen LogP contribution in [0.5, 0.6) is 11.5 Å². The lowest BCUT2D eigenvalue weighted by Crippen LogP contribution is -2.41. The molecule has 3 rings (SSSR count). The van der Waals surface area contributed by atoms with Crippen molar-refractivity contribution in [3.63, 3.8) is 0 Å². The van der Waals surface area contributed by atoms with Gasteiger partial charge in [-0.05, 0) is 55.5 Å². The fraction of sp³-hybridized carbons (Fsp3) is 0.440. The van der Waals surface area contributed by atoms with E-state index in [1.807, 2.05) is 0 Å². The first-order valence-corrected chi connectivity index (χ1v) is 12.1. The lowest BCUT2D eigenvalue weighted by molar-refractivity contribution is -0.221. The number of carbonyl (C=O) groups is 2. The van der Waals surface area contributed by atoms with Gasteiger partial charge in [0.15, 0.2) is 25.8 Å². The van der Waals surface area contributed by atoms with Crippen molar-refractivity contribution >= 4 is 35.1 Å². The summed E-state index contributed by atoms with van der Waals surface area (Å²) in [6.45, 7) is 1.25. The minimum absolute atomic E-state index is 0.0852. The van der Waals surface area contributed by atoms with Gasteiger partial charge in [0.05, 0.1) is 19.8 Å². The third-order valence-corrected chi connectivity index (χ3v) is 5.23. The summed E-state index contributed by atoms with van der Waals surface area (Å²) in [5, 5.41) is 20.0. The Kier molecular flexibility index (Phi) is 13.5. The van der Waals surface area contributed by atoms with Gasteiger partial charge >= 0.3 is 11.9 Å². The molecule has 4 unspecified atom stereocenters. The van der Waals surface area contributed by atoms with Crippen molar-refractivity contribution in [1.82, 2.24) is 0 Å². The van der Waals surface area contributed by atoms with E-state index < -0.39 is 36.7 Å². The van der Waals surface area contributed by atoms with E-state index in [9.17, 15) is 14.7 Å². The van der Waals surface area contributed by atoms with E-state index in [4.69, 9.17) is 52.0 Å². The molecule has 204 valence electrons. The van der Waals surface area contributed by atoms with Gasteiger partial charge < -0.3 is 38.6 Å². The van der Waals surface area contributed by atoms with Crippen LogP contribution in [-0.4, -0.2) is 73.9 Å². The summed E-state index contributed by atoms with van der Waals surface area (Å²) in [4.78, 5) is 22.5. The third-order valence-electron chi connectivity index (χ3n) is 4.73. The van der Waals surface area contributed by atoms with E-state index in [2.05, 4.69) is 4.74 Å². The number of carbonyl (C=O) groups excluding carboxylic acids is 2. The zero-order valence-electron chi connectivity index (χ0n) is 20.4. The summed E-state index contributed by atoms with van der Waals surface area (Å²) in [6.07, 6.45) is -2.39. The van der Waals surface area contributed by atoms with Crippen molar-refractivity contribution in [2.75, 3.05) is 26.9 Å². The highest BCUT2D eigenvalue weighted by atomic mass is 35.5. The highest BCUT2D eigenvalue weighted by molar-refractivity contribution is 6.30. The van der Waals surface area contributed by atoms with Crippen LogP contribution in [0.4, 0.5) is 0 Å². The molecule has 0 bridgehead atoms. The van der Waals surface area contributed by atoms with Crippen LogP contribution in [-0.2, 0) is 28.5 Å². The van der Waals surface area contributed by atoms with Gasteiger partial charge in [-0.2, -0.15) is 0 Å². The molecule has 0 radical (unpaired) electrons. The van der Waals surface area contributed by atoms with Crippen molar-refractivity contribution in [2.24, 2.45) is 0 Å². The number of ether oxygens (including phenoxy) is 6. The van der Waals surface area contributed by atoms with Crippen LogP contribution in [0.1, 0.15) is 19.8 Å². The summed E-state index contributed by atoms with van der Waals surface area (Å²) in [7, 11) is 1.31. The van der Waals surface area contributed by atoms with Gasteiger partial charge in [-0.25, -0.2) is 9.59 Å². The van der Waals surface area contributed by atoms with E-state index in [-0.39, 0.29) is 26.2 Å². The van der Waals surface area contributed by atoms with E-state index in [1.54, 1.807) is 48.5 Å². The Morgan fingerprint density at radius 1 is 0.946 bits per heavy atom. The van der Waals surface area contributed by atoms with Crippen molar-refractivity contribution in [2.45, 2.75) is 44.6 Å². The number of hydrogen-bond acceptors (Lipinski definition) is 10. The van der Waals surface area contributed by atoms with Crippen molar-refractivity contribution in [3.05, 3.63) is 58.6 Å². The Morgan fingerprint density at radius 2 is 1.46 bits per heavy atom. The average molecular weight is 561 g/mol. The maximum Gasteiger partial charge on any atom is 0.344 e. The zero-order valence-corrected chi connectivity index (χ0v) is 21.9. The van der Waals surface area contributed by atoms with Crippen LogP contribution in [0.3, 0.4) is 0 Å². The Morgan fingerprint density at radius 3 is 1.95 bits per heavy atom. The lowest BCUT2D eigenvalue weighted by atomic mass is 10.1. The Bertz CT molecular complexity index is 953. The smallest absolute Gasteiger partial charge is 0.344 e. The molecule has 1 aliphatic heterocycles. The molecular weight excluding hydrogens is 531 g/mol. The zero-order chi connectivity index (χ0) is 27.2. The fourth-order valence-corrected chi connectivity index (χ4v) is 3.27. The van der Waals surface area contributed by atoms with Crippen molar-refractivity contribution < 1.29 is 48.2 Å². The molecule has 37 heavy (non-hydrogen) atoms. The van der Waals surface area contributed by atoms with E-state index in [1.165, 1.54) is 14.0 Å². The third kappa shape index (κ3) is 13.0. The van der Waals surface area contributed by atoms with Gasteiger partial charge in [0.2, 0.25) is 0 Å². The first-order valence-electron chi connectivity index (χ1n) is 11.3. The molecule has 1 fully saturated rings. The summed E-state index contributed by atoms with van der Waals surface area (Å²) in [6, 6.07) is 13.4. The molecule has 2 N–H and O–H groups in total. The highest BCUT2D eigenvalue weighted by Gasteiger charge is 2.31. The number of halogens is 2. The lowest BCUT2D eigenvalue weighted by Gasteiger charge is -2.32. The van der Waals surface area contributed by atoms with Crippen LogP contribution in [0.15, 0.2) is 48.5 Å². The van der Waals surface area contributed by atoms with Gasteiger partial charge in [-0.3, -0.25) is 0 Å². The molecule has 2 aromatic rings. The van der Waals surface area contributed by atoms with Crippen LogP contribution >= 0.6 is 23.2 Å². The molecule has 4 atom stereocenters. The van der Waals surface area contributed by atoms with Gasteiger partial charge in [0, 0.05) is 22.9 Å².